The van der Waals surface area contributed by atoms with Crippen LogP contribution in [-0.4, -0.2) is 4.98 Å². The third kappa shape index (κ3) is 4.56. The van der Waals surface area contributed by atoms with E-state index in [1.54, 1.807) is 6.07 Å². The van der Waals surface area contributed by atoms with Gasteiger partial charge in [-0.15, -0.1) is 0 Å². The summed E-state index contributed by atoms with van der Waals surface area (Å²) in [5.41, 5.74) is 13.6. The molecule has 0 fully saturated rings. The van der Waals surface area contributed by atoms with Gasteiger partial charge in [0.2, 0.25) is 0 Å². The molecule has 1 aromatic heterocycles. The van der Waals surface area contributed by atoms with Gasteiger partial charge in [-0.2, -0.15) is 0 Å². The van der Waals surface area contributed by atoms with Gasteiger partial charge in [-0.25, -0.2) is 4.98 Å². The third-order valence-electron chi connectivity index (χ3n) is 8.23. The summed E-state index contributed by atoms with van der Waals surface area (Å²) in [4.78, 5) is 5.07. The second kappa shape index (κ2) is 10.0. The van der Waals surface area contributed by atoms with Gasteiger partial charge in [0, 0.05) is 32.2 Å². The second-order valence-corrected chi connectivity index (χ2v) is 12.0. The Labute approximate surface area is 251 Å². The van der Waals surface area contributed by atoms with Crippen LogP contribution < -0.4 is 0 Å². The molecule has 5 aromatic carbocycles. The number of aromatic nitrogens is 1. The van der Waals surface area contributed by atoms with Gasteiger partial charge in [0.15, 0.2) is 0 Å². The molecule has 1 aliphatic carbocycles. The highest BCUT2D eigenvalue weighted by Crippen LogP contribution is 2.49. The number of fused-ring (bicyclic) bond motifs is 3. The Bertz CT molecular complexity index is 1920. The van der Waals surface area contributed by atoms with Gasteiger partial charge in [0.25, 0.3) is 0 Å². The summed E-state index contributed by atoms with van der Waals surface area (Å²) in [6.45, 7) is 4.64. The van der Waals surface area contributed by atoms with Crippen LogP contribution >= 0.6 is 23.2 Å². The predicted molar refractivity (Wildman–Crippen MR) is 174 cm³/mol. The summed E-state index contributed by atoms with van der Waals surface area (Å²) in [6, 6.07) is 44.4. The first-order chi connectivity index (χ1) is 19.9. The van der Waals surface area contributed by atoms with Crippen LogP contribution in [0, 0.1) is 0 Å². The lowest BCUT2D eigenvalue weighted by Crippen LogP contribution is -2.14. The van der Waals surface area contributed by atoms with Crippen molar-refractivity contribution in [1.82, 2.24) is 4.98 Å². The lowest BCUT2D eigenvalue weighted by Gasteiger charge is -2.22. The molecule has 1 nitrogen and oxygen atoms in total. The molecule has 0 radical (unpaired) electrons. The summed E-state index contributed by atoms with van der Waals surface area (Å²) in [5, 5.41) is 1.23. The molecule has 0 amide bonds. The van der Waals surface area contributed by atoms with Crippen molar-refractivity contribution in [3.05, 3.63) is 149 Å². The average Bonchev–Trinajstić information content (AvgIpc) is 3.23. The Morgan fingerprint density at radius 1 is 0.463 bits per heavy atom. The van der Waals surface area contributed by atoms with Crippen molar-refractivity contribution in [1.29, 1.82) is 0 Å². The number of rotatable bonds is 4. The van der Waals surface area contributed by atoms with Crippen LogP contribution in [0.5, 0.6) is 0 Å². The zero-order chi connectivity index (χ0) is 28.1. The molecule has 7 rings (SSSR count). The fraction of sp³-hybridized carbons (Fsp3) is 0.0789. The van der Waals surface area contributed by atoms with Gasteiger partial charge in [-0.3, -0.25) is 0 Å². The summed E-state index contributed by atoms with van der Waals surface area (Å²) in [7, 11) is 0. The highest BCUT2D eigenvalue weighted by atomic mass is 35.5. The Hall–Kier alpha value is -4.17. The predicted octanol–water partition coefficient (Wildman–Crippen LogP) is 11.4. The van der Waals surface area contributed by atoms with Crippen molar-refractivity contribution in [2.75, 3.05) is 0 Å². The Balaban J connectivity index is 1.29. The first-order valence-electron chi connectivity index (χ1n) is 13.8. The Kier molecular flexibility index (Phi) is 6.31. The molecule has 0 atom stereocenters. The number of nitrogens with zero attached hydrogens (tertiary/aromatic N) is 1. The van der Waals surface area contributed by atoms with Gasteiger partial charge in [-0.05, 0) is 69.3 Å². The molecule has 41 heavy (non-hydrogen) atoms. The highest BCUT2D eigenvalue weighted by Gasteiger charge is 2.35. The van der Waals surface area contributed by atoms with E-state index in [0.717, 1.165) is 33.6 Å². The average molecular weight is 569 g/mol. The van der Waals surface area contributed by atoms with Crippen molar-refractivity contribution in [3.8, 4) is 55.9 Å². The van der Waals surface area contributed by atoms with Crippen LogP contribution in [0.15, 0.2) is 127 Å². The molecule has 0 unspecified atom stereocenters. The van der Waals surface area contributed by atoms with E-state index < -0.39 is 0 Å². The summed E-state index contributed by atoms with van der Waals surface area (Å²) >= 11 is 12.8. The Morgan fingerprint density at radius 2 is 1.05 bits per heavy atom. The minimum Gasteiger partial charge on any atom is -0.248 e. The van der Waals surface area contributed by atoms with Gasteiger partial charge in [0.1, 0.15) is 0 Å². The van der Waals surface area contributed by atoms with E-state index in [1.165, 1.54) is 33.4 Å². The molecule has 0 N–H and O–H groups in total. The SMILES string of the molecule is CC1(C)c2ccccc2-c2ccc(-c3ccc(-c4cc(-c5ccc(Cl)cc5Cl)cc(-c5ccccc5)n4)cc3)cc21. The molecule has 3 heteroatoms. The fourth-order valence-corrected chi connectivity index (χ4v) is 6.55. The van der Waals surface area contributed by atoms with Crippen LogP contribution in [0.2, 0.25) is 10.0 Å². The minimum atomic E-state index is -0.0248. The summed E-state index contributed by atoms with van der Waals surface area (Å²) in [5.74, 6) is 0. The maximum atomic E-state index is 6.63. The van der Waals surface area contributed by atoms with E-state index in [2.05, 4.69) is 105 Å². The highest BCUT2D eigenvalue weighted by molar-refractivity contribution is 6.36. The van der Waals surface area contributed by atoms with E-state index in [9.17, 15) is 0 Å². The number of hydrogen-bond acceptors (Lipinski definition) is 1. The van der Waals surface area contributed by atoms with Crippen molar-refractivity contribution < 1.29 is 0 Å². The van der Waals surface area contributed by atoms with Crippen molar-refractivity contribution in [2.24, 2.45) is 0 Å². The molecule has 0 bridgehead atoms. The molecule has 0 spiro atoms. The van der Waals surface area contributed by atoms with Crippen molar-refractivity contribution in [3.63, 3.8) is 0 Å². The normalized spacial score (nSPS) is 13.1. The minimum absolute atomic E-state index is 0.0248. The molecule has 1 heterocycles. The zero-order valence-electron chi connectivity index (χ0n) is 22.8. The van der Waals surface area contributed by atoms with Crippen molar-refractivity contribution in [2.45, 2.75) is 19.3 Å². The molecule has 0 saturated heterocycles. The van der Waals surface area contributed by atoms with Gasteiger partial charge in [0.05, 0.1) is 11.4 Å². The third-order valence-corrected chi connectivity index (χ3v) is 8.78. The first kappa shape index (κ1) is 25.8. The van der Waals surface area contributed by atoms with Crippen LogP contribution in [-0.2, 0) is 5.41 Å². The smallest absolute Gasteiger partial charge is 0.0715 e. The Morgan fingerprint density at radius 3 is 1.78 bits per heavy atom. The van der Waals surface area contributed by atoms with Gasteiger partial charge >= 0.3 is 0 Å². The van der Waals surface area contributed by atoms with Crippen LogP contribution in [0.25, 0.3) is 55.9 Å². The molecule has 0 aliphatic heterocycles. The number of hydrogen-bond donors (Lipinski definition) is 0. The standard InChI is InChI=1S/C38H27Cl2N/c1-38(2)33-11-7-6-10-31(33)32-18-16-27(20-34(32)38)24-12-14-26(15-13-24)37-22-28(30-19-17-29(39)23-35(30)40)21-36(41-37)25-8-4-3-5-9-25/h3-23H,1-2H3. The van der Waals surface area contributed by atoms with Crippen LogP contribution in [0.4, 0.5) is 0 Å². The molecule has 1 aliphatic rings. The maximum Gasteiger partial charge on any atom is 0.0715 e. The van der Waals surface area contributed by atoms with E-state index in [1.807, 2.05) is 30.3 Å². The molecule has 198 valence electrons. The molecule has 6 aromatic rings. The van der Waals surface area contributed by atoms with Gasteiger partial charge < -0.3 is 0 Å². The monoisotopic (exact) mass is 567 g/mol. The number of pyridine rings is 1. The van der Waals surface area contributed by atoms with Crippen LogP contribution in [0.1, 0.15) is 25.0 Å². The maximum absolute atomic E-state index is 6.63. The number of halogens is 2. The molecular formula is C38H27Cl2N. The van der Waals surface area contributed by atoms with E-state index >= 15 is 0 Å². The van der Waals surface area contributed by atoms with E-state index in [0.29, 0.717) is 10.0 Å². The van der Waals surface area contributed by atoms with Crippen molar-refractivity contribution >= 4 is 23.2 Å². The first-order valence-corrected chi connectivity index (χ1v) is 14.5. The molecule has 0 saturated carbocycles. The van der Waals surface area contributed by atoms with E-state index in [-0.39, 0.29) is 5.41 Å². The summed E-state index contributed by atoms with van der Waals surface area (Å²) < 4.78 is 0. The quantitative estimate of drug-likeness (QED) is 0.206. The summed E-state index contributed by atoms with van der Waals surface area (Å²) in [6.07, 6.45) is 0. The lowest BCUT2D eigenvalue weighted by molar-refractivity contribution is 0.660. The van der Waals surface area contributed by atoms with Gasteiger partial charge in [-0.1, -0.05) is 134 Å². The zero-order valence-corrected chi connectivity index (χ0v) is 24.3. The second-order valence-electron chi connectivity index (χ2n) is 11.1. The lowest BCUT2D eigenvalue weighted by atomic mass is 9.81. The topological polar surface area (TPSA) is 12.9 Å². The fourth-order valence-electron chi connectivity index (χ4n) is 6.03. The van der Waals surface area contributed by atoms with Crippen LogP contribution in [0.3, 0.4) is 0 Å². The largest absolute Gasteiger partial charge is 0.248 e. The molecular weight excluding hydrogens is 541 g/mol. The van der Waals surface area contributed by atoms with E-state index in [4.69, 9.17) is 28.2 Å². The number of benzene rings is 5.